The maximum atomic E-state index is 12.4. The first-order valence-corrected chi connectivity index (χ1v) is 7.58. The zero-order valence-corrected chi connectivity index (χ0v) is 12.9. The number of hydrogen-bond donors (Lipinski definition) is 1. The van der Waals surface area contributed by atoms with E-state index >= 15 is 0 Å². The lowest BCUT2D eigenvalue weighted by Gasteiger charge is -2.11. The van der Waals surface area contributed by atoms with Gasteiger partial charge in [0.05, 0.1) is 15.2 Å². The van der Waals surface area contributed by atoms with Crippen molar-refractivity contribution in [3.05, 3.63) is 41.2 Å². The molecule has 0 bridgehead atoms. The molecule has 3 aromatic rings. The second-order valence-electron chi connectivity index (χ2n) is 5.12. The SMILES string of the molecule is Cc1nc2ccc(NC(=O)c3ccnn3C(C)C)cc2s1. The zero-order chi connectivity index (χ0) is 15.0. The smallest absolute Gasteiger partial charge is 0.273 e. The lowest BCUT2D eigenvalue weighted by Crippen LogP contribution is -2.18. The first kappa shape index (κ1) is 13.8. The van der Waals surface area contributed by atoms with Gasteiger partial charge in [-0.05, 0) is 45.0 Å². The zero-order valence-electron chi connectivity index (χ0n) is 12.1. The van der Waals surface area contributed by atoms with Crippen LogP contribution in [0.2, 0.25) is 0 Å². The minimum absolute atomic E-state index is 0.146. The number of aryl methyl sites for hydroxylation is 1. The molecular weight excluding hydrogens is 284 g/mol. The summed E-state index contributed by atoms with van der Waals surface area (Å²) in [6, 6.07) is 7.62. The number of nitrogens with zero attached hydrogens (tertiary/aromatic N) is 3. The van der Waals surface area contributed by atoms with Gasteiger partial charge in [0.2, 0.25) is 0 Å². The van der Waals surface area contributed by atoms with Crippen molar-refractivity contribution in [2.75, 3.05) is 5.32 Å². The van der Waals surface area contributed by atoms with Gasteiger partial charge in [0, 0.05) is 17.9 Å². The van der Waals surface area contributed by atoms with E-state index in [1.54, 1.807) is 28.3 Å². The Morgan fingerprint density at radius 1 is 1.33 bits per heavy atom. The molecule has 6 heteroatoms. The average molecular weight is 300 g/mol. The lowest BCUT2D eigenvalue weighted by atomic mass is 10.2. The van der Waals surface area contributed by atoms with Crippen LogP contribution in [0.1, 0.15) is 35.4 Å². The summed E-state index contributed by atoms with van der Waals surface area (Å²) < 4.78 is 2.78. The second-order valence-corrected chi connectivity index (χ2v) is 6.36. The summed E-state index contributed by atoms with van der Waals surface area (Å²) in [5, 5.41) is 8.12. The predicted octanol–water partition coefficient (Wildman–Crippen LogP) is 3.63. The third-order valence-electron chi connectivity index (χ3n) is 3.15. The topological polar surface area (TPSA) is 59.8 Å². The Kier molecular flexibility index (Phi) is 3.47. The van der Waals surface area contributed by atoms with Crippen LogP contribution in [0.25, 0.3) is 10.2 Å². The van der Waals surface area contributed by atoms with Gasteiger partial charge < -0.3 is 5.32 Å². The Balaban J connectivity index is 1.87. The molecule has 108 valence electrons. The highest BCUT2D eigenvalue weighted by atomic mass is 32.1. The number of anilines is 1. The highest BCUT2D eigenvalue weighted by molar-refractivity contribution is 7.18. The van der Waals surface area contributed by atoms with Crippen molar-refractivity contribution >= 4 is 33.1 Å². The van der Waals surface area contributed by atoms with Crippen LogP contribution in [0.4, 0.5) is 5.69 Å². The summed E-state index contributed by atoms with van der Waals surface area (Å²) in [5.41, 5.74) is 2.29. The van der Waals surface area contributed by atoms with E-state index in [0.717, 1.165) is 20.9 Å². The molecule has 2 aromatic heterocycles. The summed E-state index contributed by atoms with van der Waals surface area (Å²) in [6.45, 7) is 5.97. The van der Waals surface area contributed by atoms with Crippen molar-refractivity contribution in [2.24, 2.45) is 0 Å². The molecule has 0 unspecified atom stereocenters. The van der Waals surface area contributed by atoms with Crippen molar-refractivity contribution in [3.8, 4) is 0 Å². The standard InChI is InChI=1S/C15H16N4OS/c1-9(2)19-13(6-7-16-19)15(20)18-11-4-5-12-14(8-11)21-10(3)17-12/h4-9H,1-3H3,(H,18,20). The minimum Gasteiger partial charge on any atom is -0.321 e. The predicted molar refractivity (Wildman–Crippen MR) is 84.9 cm³/mol. The molecule has 1 amide bonds. The summed E-state index contributed by atoms with van der Waals surface area (Å²) in [6.07, 6.45) is 1.64. The number of fused-ring (bicyclic) bond motifs is 1. The van der Waals surface area contributed by atoms with Crippen molar-refractivity contribution in [3.63, 3.8) is 0 Å². The number of aromatic nitrogens is 3. The van der Waals surface area contributed by atoms with Crippen molar-refractivity contribution < 1.29 is 4.79 Å². The monoisotopic (exact) mass is 300 g/mol. The Bertz CT molecular complexity index is 803. The number of thiazole rings is 1. The van der Waals surface area contributed by atoms with Crippen LogP contribution >= 0.6 is 11.3 Å². The normalized spacial score (nSPS) is 11.2. The number of hydrogen-bond acceptors (Lipinski definition) is 4. The third-order valence-corrected chi connectivity index (χ3v) is 4.08. The Labute approximate surface area is 126 Å². The van der Waals surface area contributed by atoms with Crippen LogP contribution in [0.3, 0.4) is 0 Å². The molecule has 0 atom stereocenters. The Morgan fingerprint density at radius 2 is 2.14 bits per heavy atom. The van der Waals surface area contributed by atoms with E-state index in [2.05, 4.69) is 15.4 Å². The highest BCUT2D eigenvalue weighted by Crippen LogP contribution is 2.25. The van der Waals surface area contributed by atoms with Crippen LogP contribution in [0, 0.1) is 6.92 Å². The fourth-order valence-electron chi connectivity index (χ4n) is 2.22. The fourth-order valence-corrected chi connectivity index (χ4v) is 3.08. The fraction of sp³-hybridized carbons (Fsp3) is 0.267. The first-order valence-electron chi connectivity index (χ1n) is 6.76. The van der Waals surface area contributed by atoms with Gasteiger partial charge in [-0.15, -0.1) is 11.3 Å². The molecule has 3 rings (SSSR count). The molecule has 1 aromatic carbocycles. The molecule has 0 aliphatic carbocycles. The van der Waals surface area contributed by atoms with Gasteiger partial charge >= 0.3 is 0 Å². The summed E-state index contributed by atoms with van der Waals surface area (Å²) in [7, 11) is 0. The summed E-state index contributed by atoms with van der Waals surface area (Å²) >= 11 is 1.62. The number of benzene rings is 1. The number of rotatable bonds is 3. The quantitative estimate of drug-likeness (QED) is 0.803. The Hall–Kier alpha value is -2.21. The second kappa shape index (κ2) is 5.29. The minimum atomic E-state index is -0.151. The molecule has 0 radical (unpaired) electrons. The van der Waals surface area contributed by atoms with E-state index in [1.165, 1.54) is 0 Å². The molecule has 0 saturated heterocycles. The molecular formula is C15H16N4OS. The van der Waals surface area contributed by atoms with Crippen LogP contribution in [0.5, 0.6) is 0 Å². The van der Waals surface area contributed by atoms with Crippen LogP contribution in [-0.4, -0.2) is 20.7 Å². The molecule has 0 aliphatic rings. The van der Waals surface area contributed by atoms with Gasteiger partial charge in [0.15, 0.2) is 0 Å². The van der Waals surface area contributed by atoms with Crippen LogP contribution in [0.15, 0.2) is 30.5 Å². The largest absolute Gasteiger partial charge is 0.321 e. The van der Waals surface area contributed by atoms with E-state index in [4.69, 9.17) is 0 Å². The maximum absolute atomic E-state index is 12.4. The number of carbonyl (C=O) groups excluding carboxylic acids is 1. The van der Waals surface area contributed by atoms with Gasteiger partial charge in [0.1, 0.15) is 5.69 Å². The molecule has 1 N–H and O–H groups in total. The summed E-state index contributed by atoms with van der Waals surface area (Å²) in [4.78, 5) is 16.8. The van der Waals surface area contributed by atoms with Gasteiger partial charge in [-0.2, -0.15) is 5.10 Å². The van der Waals surface area contributed by atoms with E-state index < -0.39 is 0 Å². The van der Waals surface area contributed by atoms with Gasteiger partial charge in [-0.1, -0.05) is 0 Å². The molecule has 21 heavy (non-hydrogen) atoms. The lowest BCUT2D eigenvalue weighted by molar-refractivity contribution is 0.101. The number of amides is 1. The molecule has 0 spiro atoms. The van der Waals surface area contributed by atoms with Crippen molar-refractivity contribution in [2.45, 2.75) is 26.8 Å². The van der Waals surface area contributed by atoms with E-state index in [-0.39, 0.29) is 11.9 Å². The van der Waals surface area contributed by atoms with Crippen LogP contribution < -0.4 is 5.32 Å². The van der Waals surface area contributed by atoms with E-state index in [1.807, 2.05) is 39.0 Å². The molecule has 0 fully saturated rings. The van der Waals surface area contributed by atoms with Crippen molar-refractivity contribution in [1.29, 1.82) is 0 Å². The van der Waals surface area contributed by atoms with Gasteiger partial charge in [-0.3, -0.25) is 9.48 Å². The number of nitrogens with one attached hydrogen (secondary N) is 1. The first-order chi connectivity index (χ1) is 10.0. The number of carbonyl (C=O) groups is 1. The van der Waals surface area contributed by atoms with Gasteiger partial charge in [0.25, 0.3) is 5.91 Å². The molecule has 0 saturated carbocycles. The van der Waals surface area contributed by atoms with Crippen LogP contribution in [-0.2, 0) is 0 Å². The van der Waals surface area contributed by atoms with Crippen molar-refractivity contribution in [1.82, 2.24) is 14.8 Å². The van der Waals surface area contributed by atoms with E-state index in [0.29, 0.717) is 5.69 Å². The van der Waals surface area contributed by atoms with E-state index in [9.17, 15) is 4.79 Å². The summed E-state index contributed by atoms with van der Waals surface area (Å²) in [5.74, 6) is -0.151. The molecule has 0 aliphatic heterocycles. The Morgan fingerprint density at radius 3 is 2.90 bits per heavy atom. The highest BCUT2D eigenvalue weighted by Gasteiger charge is 2.14. The molecule has 2 heterocycles. The molecule has 5 nitrogen and oxygen atoms in total. The maximum Gasteiger partial charge on any atom is 0.273 e. The third kappa shape index (κ3) is 2.67. The average Bonchev–Trinajstić information content (AvgIpc) is 3.03. The van der Waals surface area contributed by atoms with Gasteiger partial charge in [-0.25, -0.2) is 4.98 Å².